The van der Waals surface area contributed by atoms with Crippen LogP contribution in [0.1, 0.15) is 56.0 Å². The first-order valence-corrected chi connectivity index (χ1v) is 15.3. The molecule has 0 atom stereocenters. The third-order valence-corrected chi connectivity index (χ3v) is 9.44. The molecule has 1 fully saturated rings. The van der Waals surface area contributed by atoms with Gasteiger partial charge in [0.05, 0.1) is 5.75 Å². The number of fused-ring (bicyclic) bond motifs is 1. The Hall–Kier alpha value is -2.82. The Morgan fingerprint density at radius 1 is 1.13 bits per heavy atom. The lowest BCUT2D eigenvalue weighted by molar-refractivity contribution is 0.294. The zero-order valence-corrected chi connectivity index (χ0v) is 22.9. The Balaban J connectivity index is 1.18. The third-order valence-electron chi connectivity index (χ3n) is 7.52. The van der Waals surface area contributed by atoms with E-state index in [-0.39, 0.29) is 18.8 Å². The smallest absolute Gasteiger partial charge is 0.225 e. The number of hydrogen-bond acceptors (Lipinski definition) is 8. The molecule has 3 aromatic rings. The van der Waals surface area contributed by atoms with Crippen LogP contribution >= 0.6 is 0 Å². The first-order chi connectivity index (χ1) is 18.4. The minimum atomic E-state index is -3.33. The highest BCUT2D eigenvalue weighted by atomic mass is 32.2. The van der Waals surface area contributed by atoms with Crippen LogP contribution < -0.4 is 4.90 Å². The summed E-state index contributed by atoms with van der Waals surface area (Å²) in [6, 6.07) is 6.06. The van der Waals surface area contributed by atoms with Crippen molar-refractivity contribution in [3.8, 4) is 0 Å². The maximum Gasteiger partial charge on any atom is 0.225 e. The van der Waals surface area contributed by atoms with Gasteiger partial charge in [-0.25, -0.2) is 23.4 Å². The second-order valence-corrected chi connectivity index (χ2v) is 12.4. The lowest BCUT2D eigenvalue weighted by Gasteiger charge is -2.31. The average molecular weight is 540 g/mol. The molecule has 0 unspecified atom stereocenters. The van der Waals surface area contributed by atoms with Gasteiger partial charge in [0.25, 0.3) is 0 Å². The molecular weight excluding hydrogens is 502 g/mol. The number of piperidine rings is 1. The van der Waals surface area contributed by atoms with E-state index in [0.717, 1.165) is 79.3 Å². The van der Waals surface area contributed by atoms with Crippen LogP contribution in [0.25, 0.3) is 16.7 Å². The van der Waals surface area contributed by atoms with Gasteiger partial charge in [-0.15, -0.1) is 0 Å². The molecule has 0 bridgehead atoms. The van der Waals surface area contributed by atoms with E-state index in [4.69, 9.17) is 14.5 Å². The van der Waals surface area contributed by atoms with E-state index < -0.39 is 10.0 Å². The zero-order chi connectivity index (χ0) is 26.5. The van der Waals surface area contributed by atoms with Gasteiger partial charge < -0.3 is 14.4 Å². The molecule has 1 saturated heterocycles. The monoisotopic (exact) mass is 539 g/mol. The molecule has 0 saturated carbocycles. The summed E-state index contributed by atoms with van der Waals surface area (Å²) in [6.07, 6.45) is 11.8. The van der Waals surface area contributed by atoms with Crippen molar-refractivity contribution in [2.45, 2.75) is 51.9 Å². The molecule has 0 aliphatic carbocycles. The van der Waals surface area contributed by atoms with Crippen LogP contribution in [-0.4, -0.2) is 71.3 Å². The number of benzene rings is 1. The maximum absolute atomic E-state index is 12.4. The molecule has 2 aromatic heterocycles. The van der Waals surface area contributed by atoms with Crippen molar-refractivity contribution < 1.29 is 17.9 Å². The molecule has 0 amide bonds. The van der Waals surface area contributed by atoms with Crippen LogP contribution in [0.15, 0.2) is 41.1 Å². The minimum Gasteiger partial charge on any atom is -0.441 e. The molecule has 2 aliphatic rings. The number of aliphatic hydroxyl groups excluding tert-OH is 1. The van der Waals surface area contributed by atoms with Gasteiger partial charge in [0.2, 0.25) is 16.0 Å². The van der Waals surface area contributed by atoms with Crippen molar-refractivity contribution in [1.29, 1.82) is 0 Å². The van der Waals surface area contributed by atoms with E-state index in [1.807, 2.05) is 36.7 Å². The summed E-state index contributed by atoms with van der Waals surface area (Å²) in [4.78, 5) is 16.1. The summed E-state index contributed by atoms with van der Waals surface area (Å²) < 4.78 is 32.5. The molecule has 1 aromatic carbocycles. The Bertz CT molecular complexity index is 1360. The standard InChI is InChI=1S/C28H37N5O4S/c1-2-4-22-19-29-28(30-20-22)32-11-7-21(8-12-32)17-27-31-25-6-5-24(18-26(25)37-27)23-9-13-33(14-10-23)38(35,36)16-3-15-34/h5-6,9,18-21,34H,2-4,7-8,10-17H2,1H3. The molecule has 2 aliphatic heterocycles. The number of rotatable bonds is 10. The van der Waals surface area contributed by atoms with E-state index in [9.17, 15) is 8.42 Å². The first-order valence-electron chi connectivity index (χ1n) is 13.7. The summed E-state index contributed by atoms with van der Waals surface area (Å²) >= 11 is 0. The van der Waals surface area contributed by atoms with E-state index >= 15 is 0 Å². The van der Waals surface area contributed by atoms with Crippen molar-refractivity contribution >= 4 is 32.6 Å². The van der Waals surface area contributed by atoms with Crippen molar-refractivity contribution in [1.82, 2.24) is 19.3 Å². The van der Waals surface area contributed by atoms with Crippen LogP contribution in [0.5, 0.6) is 0 Å². The predicted octanol–water partition coefficient (Wildman–Crippen LogP) is 3.83. The Morgan fingerprint density at radius 3 is 2.61 bits per heavy atom. The van der Waals surface area contributed by atoms with E-state index in [1.54, 1.807) is 0 Å². The van der Waals surface area contributed by atoms with Crippen LogP contribution in [0.4, 0.5) is 5.95 Å². The summed E-state index contributed by atoms with van der Waals surface area (Å²) in [5.74, 6) is 2.09. The fraction of sp³-hybridized carbons (Fsp3) is 0.536. The fourth-order valence-corrected chi connectivity index (χ4v) is 6.74. The fourth-order valence-electron chi connectivity index (χ4n) is 5.31. The van der Waals surface area contributed by atoms with Crippen molar-refractivity contribution in [3.05, 3.63) is 53.7 Å². The van der Waals surface area contributed by atoms with Crippen LogP contribution in [-0.2, 0) is 22.9 Å². The Kier molecular flexibility index (Phi) is 8.40. The molecule has 0 radical (unpaired) electrons. The topological polar surface area (TPSA) is 113 Å². The van der Waals surface area contributed by atoms with E-state index in [1.165, 1.54) is 9.87 Å². The molecule has 9 nitrogen and oxygen atoms in total. The van der Waals surface area contributed by atoms with Gasteiger partial charge in [-0.1, -0.05) is 25.5 Å². The van der Waals surface area contributed by atoms with Crippen LogP contribution in [0.3, 0.4) is 0 Å². The average Bonchev–Trinajstić information content (AvgIpc) is 3.34. The molecule has 0 spiro atoms. The van der Waals surface area contributed by atoms with Gasteiger partial charge in [-0.2, -0.15) is 4.31 Å². The normalized spacial score (nSPS) is 17.7. The number of aromatic nitrogens is 3. The highest BCUT2D eigenvalue weighted by Crippen LogP contribution is 2.29. The molecule has 38 heavy (non-hydrogen) atoms. The molecular formula is C28H37N5O4S. The van der Waals surface area contributed by atoms with Crippen molar-refractivity contribution in [2.75, 3.05) is 43.4 Å². The van der Waals surface area contributed by atoms with Gasteiger partial charge in [0.1, 0.15) is 5.52 Å². The van der Waals surface area contributed by atoms with Crippen LogP contribution in [0, 0.1) is 5.92 Å². The second kappa shape index (κ2) is 11.9. The number of anilines is 1. The Morgan fingerprint density at radius 2 is 1.92 bits per heavy atom. The summed E-state index contributed by atoms with van der Waals surface area (Å²) in [7, 11) is -3.33. The third kappa shape index (κ3) is 6.24. The van der Waals surface area contributed by atoms with Crippen molar-refractivity contribution in [3.63, 3.8) is 0 Å². The van der Waals surface area contributed by atoms with Gasteiger partial charge >= 0.3 is 0 Å². The number of aryl methyl sites for hydroxylation is 1. The van der Waals surface area contributed by atoms with Gasteiger partial charge in [0.15, 0.2) is 11.5 Å². The molecule has 10 heteroatoms. The predicted molar refractivity (Wildman–Crippen MR) is 148 cm³/mol. The van der Waals surface area contributed by atoms with Crippen LogP contribution in [0.2, 0.25) is 0 Å². The largest absolute Gasteiger partial charge is 0.441 e. The van der Waals surface area contributed by atoms with E-state index in [0.29, 0.717) is 25.4 Å². The SMILES string of the molecule is CCCc1cnc(N2CCC(Cc3nc4ccc(C5=CCN(S(=O)(=O)CCCO)CC5)cc4o3)CC2)nc1. The zero-order valence-electron chi connectivity index (χ0n) is 22.1. The first kappa shape index (κ1) is 26.8. The molecule has 5 rings (SSSR count). The summed E-state index contributed by atoms with van der Waals surface area (Å²) in [5, 5.41) is 8.96. The van der Waals surface area contributed by atoms with Gasteiger partial charge in [-0.3, -0.25) is 0 Å². The van der Waals surface area contributed by atoms with Gasteiger partial charge in [0, 0.05) is 51.6 Å². The highest BCUT2D eigenvalue weighted by molar-refractivity contribution is 7.89. The lowest BCUT2D eigenvalue weighted by atomic mass is 9.94. The van der Waals surface area contributed by atoms with E-state index in [2.05, 4.69) is 21.8 Å². The minimum absolute atomic E-state index is 0.0155. The molecule has 4 heterocycles. The molecule has 204 valence electrons. The van der Waals surface area contributed by atoms with Gasteiger partial charge in [-0.05, 0) is 66.9 Å². The summed E-state index contributed by atoms with van der Waals surface area (Å²) in [5.41, 5.74) is 4.98. The maximum atomic E-state index is 12.4. The number of nitrogens with zero attached hydrogens (tertiary/aromatic N) is 5. The number of aliphatic hydroxyl groups is 1. The number of sulfonamides is 1. The van der Waals surface area contributed by atoms with Crippen molar-refractivity contribution in [2.24, 2.45) is 5.92 Å². The number of oxazole rings is 1. The Labute approximate surface area is 224 Å². The molecule has 1 N–H and O–H groups in total. The highest BCUT2D eigenvalue weighted by Gasteiger charge is 2.25. The lowest BCUT2D eigenvalue weighted by Crippen LogP contribution is -2.36. The quantitative estimate of drug-likeness (QED) is 0.414. The summed E-state index contributed by atoms with van der Waals surface area (Å²) in [6.45, 7) is 4.72. The number of hydrogen-bond donors (Lipinski definition) is 1. The second-order valence-electron chi connectivity index (χ2n) is 10.3.